The van der Waals surface area contributed by atoms with E-state index in [1.807, 2.05) is 61.7 Å². The number of aliphatic hydroxyl groups is 1. The summed E-state index contributed by atoms with van der Waals surface area (Å²) < 4.78 is 2.08. The molecule has 0 amide bonds. The third-order valence-corrected chi connectivity index (χ3v) is 4.85. The zero-order valence-corrected chi connectivity index (χ0v) is 15.0. The van der Waals surface area contributed by atoms with Crippen molar-refractivity contribution in [1.29, 1.82) is 0 Å². The molecule has 0 bridgehead atoms. The van der Waals surface area contributed by atoms with E-state index in [0.717, 1.165) is 33.2 Å². The fourth-order valence-corrected chi connectivity index (χ4v) is 3.57. The summed E-state index contributed by atoms with van der Waals surface area (Å²) >= 11 is 0. The minimum atomic E-state index is -0.665. The van der Waals surface area contributed by atoms with Crippen LogP contribution < -0.4 is 0 Å². The normalized spacial score (nSPS) is 12.4. The first-order chi connectivity index (χ1) is 13.0. The molecule has 4 heteroatoms. The van der Waals surface area contributed by atoms with Crippen molar-refractivity contribution in [3.8, 4) is 11.5 Å². The number of rotatable bonds is 4. The average Bonchev–Trinajstić information content (AvgIpc) is 2.96. The Morgan fingerprint density at radius 1 is 0.852 bits per heavy atom. The van der Waals surface area contributed by atoms with Crippen molar-refractivity contribution in [1.82, 2.24) is 4.57 Å². The average molecular weight is 359 g/mol. The van der Waals surface area contributed by atoms with E-state index in [-0.39, 0.29) is 11.5 Å². The highest BCUT2D eigenvalue weighted by Crippen LogP contribution is 2.29. The molecular weight excluding hydrogens is 338 g/mol. The van der Waals surface area contributed by atoms with Crippen molar-refractivity contribution in [2.75, 3.05) is 0 Å². The van der Waals surface area contributed by atoms with Gasteiger partial charge in [-0.2, -0.15) is 0 Å². The third kappa shape index (κ3) is 3.39. The van der Waals surface area contributed by atoms with Gasteiger partial charge in [0.2, 0.25) is 0 Å². The lowest BCUT2D eigenvalue weighted by molar-refractivity contribution is 0.220. The summed E-state index contributed by atoms with van der Waals surface area (Å²) in [6.07, 6.45) is 1.38. The highest BCUT2D eigenvalue weighted by Gasteiger charge is 2.13. The molecule has 3 N–H and O–H groups in total. The molecule has 1 unspecified atom stereocenters. The molecule has 0 fully saturated rings. The number of aliphatic hydroxyl groups excluding tert-OH is 1. The van der Waals surface area contributed by atoms with Gasteiger partial charge in [-0.05, 0) is 53.4 Å². The Bertz CT molecular complexity index is 1080. The van der Waals surface area contributed by atoms with Crippen LogP contribution in [-0.4, -0.2) is 19.9 Å². The molecule has 136 valence electrons. The van der Waals surface area contributed by atoms with Crippen molar-refractivity contribution in [3.63, 3.8) is 0 Å². The second kappa shape index (κ2) is 6.82. The summed E-state index contributed by atoms with van der Waals surface area (Å²) in [4.78, 5) is 0. The van der Waals surface area contributed by atoms with Crippen molar-refractivity contribution in [2.45, 2.75) is 19.6 Å². The SMILES string of the molecule is Cc1cn(Cc2cc(O)cc(O)c2)c2ccc(C(O)c3ccccc3)cc12. The zero-order chi connectivity index (χ0) is 19.0. The van der Waals surface area contributed by atoms with Gasteiger partial charge in [0.15, 0.2) is 0 Å². The molecular formula is C23H21NO3. The van der Waals surface area contributed by atoms with Crippen molar-refractivity contribution >= 4 is 10.9 Å². The molecule has 0 radical (unpaired) electrons. The molecule has 4 nitrogen and oxygen atoms in total. The van der Waals surface area contributed by atoms with Gasteiger partial charge in [0.1, 0.15) is 17.6 Å². The molecule has 3 aromatic carbocycles. The van der Waals surface area contributed by atoms with E-state index >= 15 is 0 Å². The molecule has 4 aromatic rings. The third-order valence-electron chi connectivity index (χ3n) is 4.85. The summed E-state index contributed by atoms with van der Waals surface area (Å²) in [5, 5.41) is 31.2. The molecule has 0 spiro atoms. The molecule has 0 aliphatic heterocycles. The number of phenols is 2. The smallest absolute Gasteiger partial charge is 0.119 e. The largest absolute Gasteiger partial charge is 0.508 e. The van der Waals surface area contributed by atoms with E-state index in [4.69, 9.17) is 0 Å². The number of aromatic nitrogens is 1. The minimum absolute atomic E-state index is 0.0476. The van der Waals surface area contributed by atoms with Crippen LogP contribution in [-0.2, 0) is 6.54 Å². The van der Waals surface area contributed by atoms with Gasteiger partial charge in [-0.1, -0.05) is 36.4 Å². The maximum Gasteiger partial charge on any atom is 0.119 e. The molecule has 1 aromatic heterocycles. The Morgan fingerprint density at radius 2 is 1.56 bits per heavy atom. The second-order valence-corrected chi connectivity index (χ2v) is 6.89. The Labute approximate surface area is 157 Å². The van der Waals surface area contributed by atoms with Crippen LogP contribution >= 0.6 is 0 Å². The summed E-state index contributed by atoms with van der Waals surface area (Å²) in [5.74, 6) is 0.0953. The number of fused-ring (bicyclic) bond motifs is 1. The van der Waals surface area contributed by atoms with Gasteiger partial charge in [-0.15, -0.1) is 0 Å². The van der Waals surface area contributed by atoms with Crippen molar-refractivity contribution in [3.05, 3.63) is 95.2 Å². The number of hydrogen-bond acceptors (Lipinski definition) is 3. The van der Waals surface area contributed by atoms with Crippen LogP contribution in [0.5, 0.6) is 11.5 Å². The lowest BCUT2D eigenvalue weighted by Crippen LogP contribution is -2.00. The molecule has 0 saturated heterocycles. The first-order valence-electron chi connectivity index (χ1n) is 8.85. The predicted octanol–water partition coefficient (Wildman–Crippen LogP) is 4.49. The maximum absolute atomic E-state index is 10.7. The maximum atomic E-state index is 10.7. The van der Waals surface area contributed by atoms with Gasteiger partial charge in [0, 0.05) is 29.7 Å². The summed E-state index contributed by atoms with van der Waals surface area (Å²) in [6, 6.07) is 20.2. The number of phenolic OH excluding ortho intramolecular Hbond substituents is 2. The van der Waals surface area contributed by atoms with Crippen LogP contribution in [0.4, 0.5) is 0 Å². The summed E-state index contributed by atoms with van der Waals surface area (Å²) in [7, 11) is 0. The fraction of sp³-hybridized carbons (Fsp3) is 0.130. The Balaban J connectivity index is 1.71. The van der Waals surface area contributed by atoms with Crippen LogP contribution in [0.25, 0.3) is 10.9 Å². The summed E-state index contributed by atoms with van der Waals surface area (Å²) in [6.45, 7) is 2.57. The van der Waals surface area contributed by atoms with Crippen molar-refractivity contribution in [2.24, 2.45) is 0 Å². The topological polar surface area (TPSA) is 65.6 Å². The predicted molar refractivity (Wildman–Crippen MR) is 106 cm³/mol. The molecule has 1 atom stereocenters. The van der Waals surface area contributed by atoms with E-state index in [1.165, 1.54) is 6.07 Å². The Kier molecular flexibility index (Phi) is 4.34. The van der Waals surface area contributed by atoms with Crippen LogP contribution in [0, 0.1) is 6.92 Å². The number of benzene rings is 3. The van der Waals surface area contributed by atoms with E-state index in [0.29, 0.717) is 6.54 Å². The number of hydrogen-bond donors (Lipinski definition) is 3. The van der Waals surface area contributed by atoms with E-state index in [1.54, 1.807) is 12.1 Å². The van der Waals surface area contributed by atoms with Gasteiger partial charge < -0.3 is 19.9 Å². The van der Waals surface area contributed by atoms with Crippen LogP contribution in [0.2, 0.25) is 0 Å². The van der Waals surface area contributed by atoms with Crippen molar-refractivity contribution < 1.29 is 15.3 Å². The van der Waals surface area contributed by atoms with Gasteiger partial charge >= 0.3 is 0 Å². The number of aromatic hydroxyl groups is 2. The quantitative estimate of drug-likeness (QED) is 0.503. The Hall–Kier alpha value is -3.24. The molecule has 1 heterocycles. The zero-order valence-electron chi connectivity index (χ0n) is 15.0. The molecule has 0 saturated carbocycles. The molecule has 27 heavy (non-hydrogen) atoms. The highest BCUT2D eigenvalue weighted by atomic mass is 16.3. The lowest BCUT2D eigenvalue weighted by Gasteiger charge is -2.12. The monoisotopic (exact) mass is 359 g/mol. The molecule has 0 aliphatic rings. The highest BCUT2D eigenvalue weighted by molar-refractivity contribution is 5.84. The van der Waals surface area contributed by atoms with E-state index < -0.39 is 6.10 Å². The summed E-state index contributed by atoms with van der Waals surface area (Å²) in [5.41, 5.74) is 4.68. The van der Waals surface area contributed by atoms with E-state index in [2.05, 4.69) is 4.57 Å². The Morgan fingerprint density at radius 3 is 2.26 bits per heavy atom. The van der Waals surface area contributed by atoms with E-state index in [9.17, 15) is 15.3 Å². The van der Waals surface area contributed by atoms with Crippen LogP contribution in [0.15, 0.2) is 72.9 Å². The second-order valence-electron chi connectivity index (χ2n) is 6.89. The van der Waals surface area contributed by atoms with Gasteiger partial charge in [-0.3, -0.25) is 0 Å². The van der Waals surface area contributed by atoms with Gasteiger partial charge in [0.25, 0.3) is 0 Å². The first kappa shape index (κ1) is 17.2. The lowest BCUT2D eigenvalue weighted by atomic mass is 10.00. The first-order valence-corrected chi connectivity index (χ1v) is 8.85. The van der Waals surface area contributed by atoms with Gasteiger partial charge in [0.05, 0.1) is 0 Å². The van der Waals surface area contributed by atoms with Gasteiger partial charge in [-0.25, -0.2) is 0 Å². The number of aryl methyl sites for hydroxylation is 1. The van der Waals surface area contributed by atoms with Crippen LogP contribution in [0.1, 0.15) is 28.4 Å². The minimum Gasteiger partial charge on any atom is -0.508 e. The molecule has 0 aliphatic carbocycles. The van der Waals surface area contributed by atoms with Crippen LogP contribution in [0.3, 0.4) is 0 Å². The standard InChI is InChI=1S/C23H21NO3/c1-15-13-24(14-16-9-19(25)12-20(26)10-16)22-8-7-18(11-21(15)22)23(27)17-5-3-2-4-6-17/h2-13,23,25-27H,14H2,1H3. The fourth-order valence-electron chi connectivity index (χ4n) is 3.57. The number of nitrogens with zero attached hydrogens (tertiary/aromatic N) is 1. The molecule has 4 rings (SSSR count).